The fourth-order valence-electron chi connectivity index (χ4n) is 2.12. The van der Waals surface area contributed by atoms with Crippen LogP contribution >= 0.6 is 0 Å². The third kappa shape index (κ3) is 2.35. The van der Waals surface area contributed by atoms with Gasteiger partial charge in [-0.15, -0.1) is 0 Å². The van der Waals surface area contributed by atoms with E-state index in [4.69, 9.17) is 4.74 Å². The Morgan fingerprint density at radius 3 is 3.20 bits per heavy atom. The summed E-state index contributed by atoms with van der Waals surface area (Å²) in [6, 6.07) is 0.537. The van der Waals surface area contributed by atoms with Crippen molar-refractivity contribution in [2.24, 2.45) is 13.0 Å². The summed E-state index contributed by atoms with van der Waals surface area (Å²) >= 11 is 0. The monoisotopic (exact) mass is 210 g/mol. The zero-order chi connectivity index (χ0) is 10.7. The molecular formula is C10H18N4O. The van der Waals surface area contributed by atoms with Gasteiger partial charge in [0.05, 0.1) is 6.61 Å². The predicted octanol–water partition coefficient (Wildman–Crippen LogP) is -0.0179. The topological polar surface area (TPSA) is 52.0 Å². The average Bonchev–Trinajstić information content (AvgIpc) is 2.65. The van der Waals surface area contributed by atoms with Crippen LogP contribution in [0.5, 0.6) is 0 Å². The number of hydrogen-bond acceptors (Lipinski definition) is 4. The molecule has 1 fully saturated rings. The SMILES string of the molecule is CNC1CCOCC1Cc1ncnn1C. The molecule has 2 atom stereocenters. The Balaban J connectivity index is 2.00. The minimum atomic E-state index is 0.506. The van der Waals surface area contributed by atoms with Crippen LogP contribution < -0.4 is 5.32 Å². The molecular weight excluding hydrogens is 192 g/mol. The fourth-order valence-corrected chi connectivity index (χ4v) is 2.12. The molecule has 1 aliphatic rings. The van der Waals surface area contributed by atoms with Gasteiger partial charge in [-0.05, 0) is 13.5 Å². The molecule has 2 unspecified atom stereocenters. The van der Waals surface area contributed by atoms with Gasteiger partial charge in [0.1, 0.15) is 12.2 Å². The van der Waals surface area contributed by atoms with Crippen LogP contribution in [0.1, 0.15) is 12.2 Å². The number of nitrogens with zero attached hydrogens (tertiary/aromatic N) is 3. The van der Waals surface area contributed by atoms with Gasteiger partial charge in [0.2, 0.25) is 0 Å². The number of aromatic nitrogens is 3. The molecule has 0 amide bonds. The summed E-state index contributed by atoms with van der Waals surface area (Å²) in [5, 5.41) is 7.43. The highest BCUT2D eigenvalue weighted by Crippen LogP contribution is 2.18. The number of nitrogens with one attached hydrogen (secondary N) is 1. The first-order valence-electron chi connectivity index (χ1n) is 5.39. The highest BCUT2D eigenvalue weighted by atomic mass is 16.5. The van der Waals surface area contributed by atoms with Crippen molar-refractivity contribution in [2.75, 3.05) is 20.3 Å². The van der Waals surface area contributed by atoms with Gasteiger partial charge in [-0.2, -0.15) is 5.10 Å². The van der Waals surface area contributed by atoms with Crippen LogP contribution in [0, 0.1) is 5.92 Å². The number of ether oxygens (including phenoxy) is 1. The predicted molar refractivity (Wildman–Crippen MR) is 56.5 cm³/mol. The molecule has 1 aliphatic heterocycles. The molecule has 0 bridgehead atoms. The Labute approximate surface area is 89.8 Å². The molecule has 0 saturated carbocycles. The molecule has 15 heavy (non-hydrogen) atoms. The quantitative estimate of drug-likeness (QED) is 0.762. The van der Waals surface area contributed by atoms with Crippen molar-refractivity contribution in [1.82, 2.24) is 20.1 Å². The third-order valence-electron chi connectivity index (χ3n) is 3.09. The van der Waals surface area contributed by atoms with Gasteiger partial charge in [0, 0.05) is 32.0 Å². The van der Waals surface area contributed by atoms with Crippen LogP contribution in [0.2, 0.25) is 0 Å². The number of rotatable bonds is 3. The van der Waals surface area contributed by atoms with Gasteiger partial charge in [-0.1, -0.05) is 0 Å². The maximum Gasteiger partial charge on any atom is 0.138 e. The summed E-state index contributed by atoms with van der Waals surface area (Å²) in [5.74, 6) is 1.54. The molecule has 5 heteroatoms. The first kappa shape index (κ1) is 10.6. The Morgan fingerprint density at radius 2 is 2.53 bits per heavy atom. The molecule has 2 heterocycles. The number of aryl methyl sites for hydroxylation is 1. The normalized spacial score (nSPS) is 26.8. The van der Waals surface area contributed by atoms with Crippen LogP contribution in [0.25, 0.3) is 0 Å². The molecule has 5 nitrogen and oxygen atoms in total. The van der Waals surface area contributed by atoms with E-state index in [0.29, 0.717) is 12.0 Å². The summed E-state index contributed by atoms with van der Waals surface area (Å²) < 4.78 is 7.34. The van der Waals surface area contributed by atoms with E-state index in [9.17, 15) is 0 Å². The van der Waals surface area contributed by atoms with Gasteiger partial charge < -0.3 is 10.1 Å². The lowest BCUT2D eigenvalue weighted by molar-refractivity contribution is 0.0332. The molecule has 0 aromatic carbocycles. The lowest BCUT2D eigenvalue weighted by Crippen LogP contribution is -2.42. The lowest BCUT2D eigenvalue weighted by Gasteiger charge is -2.30. The molecule has 1 saturated heterocycles. The lowest BCUT2D eigenvalue weighted by atomic mass is 9.92. The molecule has 0 radical (unpaired) electrons. The van der Waals surface area contributed by atoms with Crippen LogP contribution in [-0.2, 0) is 18.2 Å². The second-order valence-corrected chi connectivity index (χ2v) is 4.02. The van der Waals surface area contributed by atoms with Crippen LogP contribution in [0.4, 0.5) is 0 Å². The summed E-state index contributed by atoms with van der Waals surface area (Å²) in [4.78, 5) is 4.25. The van der Waals surface area contributed by atoms with Crippen molar-refractivity contribution in [2.45, 2.75) is 18.9 Å². The molecule has 1 N–H and O–H groups in total. The third-order valence-corrected chi connectivity index (χ3v) is 3.09. The van der Waals surface area contributed by atoms with Crippen molar-refractivity contribution >= 4 is 0 Å². The Kier molecular flexibility index (Phi) is 3.33. The minimum absolute atomic E-state index is 0.506. The van der Waals surface area contributed by atoms with Crippen molar-refractivity contribution in [3.63, 3.8) is 0 Å². The van der Waals surface area contributed by atoms with E-state index in [1.54, 1.807) is 6.33 Å². The molecule has 0 spiro atoms. The molecule has 2 rings (SSSR count). The maximum absolute atomic E-state index is 5.51. The van der Waals surface area contributed by atoms with E-state index in [2.05, 4.69) is 15.4 Å². The van der Waals surface area contributed by atoms with E-state index in [1.165, 1.54) is 0 Å². The zero-order valence-electron chi connectivity index (χ0n) is 9.31. The first-order chi connectivity index (χ1) is 7.31. The highest BCUT2D eigenvalue weighted by molar-refractivity contribution is 4.91. The summed E-state index contributed by atoms with van der Waals surface area (Å²) in [6.07, 6.45) is 3.62. The van der Waals surface area contributed by atoms with Crippen molar-refractivity contribution in [3.05, 3.63) is 12.2 Å². The molecule has 0 aliphatic carbocycles. The summed E-state index contributed by atoms with van der Waals surface area (Å²) in [6.45, 7) is 1.68. The molecule has 84 valence electrons. The van der Waals surface area contributed by atoms with Gasteiger partial charge in [0.25, 0.3) is 0 Å². The fraction of sp³-hybridized carbons (Fsp3) is 0.800. The highest BCUT2D eigenvalue weighted by Gasteiger charge is 2.25. The van der Waals surface area contributed by atoms with Crippen molar-refractivity contribution in [3.8, 4) is 0 Å². The van der Waals surface area contributed by atoms with Gasteiger partial charge >= 0.3 is 0 Å². The Bertz CT molecular complexity index is 312. The van der Waals surface area contributed by atoms with Crippen LogP contribution in [0.3, 0.4) is 0 Å². The second kappa shape index (κ2) is 4.72. The van der Waals surface area contributed by atoms with Crippen LogP contribution in [-0.4, -0.2) is 41.1 Å². The minimum Gasteiger partial charge on any atom is -0.381 e. The summed E-state index contributed by atoms with van der Waals surface area (Å²) in [5.41, 5.74) is 0. The largest absolute Gasteiger partial charge is 0.381 e. The zero-order valence-corrected chi connectivity index (χ0v) is 9.31. The molecule has 1 aromatic heterocycles. The smallest absolute Gasteiger partial charge is 0.138 e. The van der Waals surface area contributed by atoms with Gasteiger partial charge in [0.15, 0.2) is 0 Å². The van der Waals surface area contributed by atoms with Gasteiger partial charge in [-0.3, -0.25) is 4.68 Å². The number of hydrogen-bond donors (Lipinski definition) is 1. The van der Waals surface area contributed by atoms with E-state index in [1.807, 2.05) is 18.8 Å². The van der Waals surface area contributed by atoms with Crippen molar-refractivity contribution < 1.29 is 4.74 Å². The molecule has 1 aromatic rings. The van der Waals surface area contributed by atoms with E-state index >= 15 is 0 Å². The van der Waals surface area contributed by atoms with Gasteiger partial charge in [-0.25, -0.2) is 4.98 Å². The van der Waals surface area contributed by atoms with Crippen LogP contribution in [0.15, 0.2) is 6.33 Å². The standard InChI is InChI=1S/C10H18N4O/c1-11-9-3-4-15-6-8(9)5-10-12-7-13-14(10)2/h7-9,11H,3-6H2,1-2H3. The first-order valence-corrected chi connectivity index (χ1v) is 5.39. The average molecular weight is 210 g/mol. The van der Waals surface area contributed by atoms with E-state index < -0.39 is 0 Å². The van der Waals surface area contributed by atoms with E-state index in [0.717, 1.165) is 31.9 Å². The van der Waals surface area contributed by atoms with Crippen molar-refractivity contribution in [1.29, 1.82) is 0 Å². The Morgan fingerprint density at radius 1 is 1.67 bits per heavy atom. The Hall–Kier alpha value is -0.940. The second-order valence-electron chi connectivity index (χ2n) is 4.02. The summed E-state index contributed by atoms with van der Waals surface area (Å²) in [7, 11) is 3.94. The van der Waals surface area contributed by atoms with E-state index in [-0.39, 0.29) is 0 Å². The maximum atomic E-state index is 5.51.